The van der Waals surface area contributed by atoms with Crippen LogP contribution < -0.4 is 0 Å². The van der Waals surface area contributed by atoms with E-state index in [2.05, 4.69) is 5.16 Å². The zero-order valence-corrected chi connectivity index (χ0v) is 17.9. The summed E-state index contributed by atoms with van der Waals surface area (Å²) in [7, 11) is 0. The van der Waals surface area contributed by atoms with Crippen LogP contribution in [0, 0.1) is 0 Å². The molecule has 8 heteroatoms. The maximum absolute atomic E-state index is 12.6. The minimum absolute atomic E-state index is 0.0572. The molecule has 3 rings (SSSR count). The summed E-state index contributed by atoms with van der Waals surface area (Å²) < 4.78 is 5.34. The molecule has 0 spiro atoms. The van der Waals surface area contributed by atoms with Gasteiger partial charge in [-0.3, -0.25) is 4.79 Å². The summed E-state index contributed by atoms with van der Waals surface area (Å²) in [6, 6.07) is 2.84. The van der Waals surface area contributed by atoms with Crippen molar-refractivity contribution < 1.29 is 24.3 Å². The number of phenols is 1. The van der Waals surface area contributed by atoms with Crippen LogP contribution >= 0.6 is 11.6 Å². The largest absolute Gasteiger partial charge is 0.506 e. The van der Waals surface area contributed by atoms with Crippen LogP contribution in [0.4, 0.5) is 0 Å². The smallest absolute Gasteiger partial charge is 0.338 e. The number of hydrogen-bond acceptors (Lipinski definition) is 6. The monoisotopic (exact) mass is 444 g/mol. The molecular formula is C23H25ClN2O5. The molecule has 0 saturated heterocycles. The molecule has 0 unspecified atom stereocenters. The molecule has 7 nitrogen and oxygen atoms in total. The lowest BCUT2D eigenvalue weighted by Crippen LogP contribution is -2.31. The number of rotatable bonds is 3. The Balaban J connectivity index is 1.83. The Kier molecular flexibility index (Phi) is 8.29. The molecule has 164 valence electrons. The van der Waals surface area contributed by atoms with Crippen LogP contribution in [-0.4, -0.2) is 53.9 Å². The molecule has 31 heavy (non-hydrogen) atoms. The molecular weight excluding hydrogens is 420 g/mol. The van der Waals surface area contributed by atoms with E-state index in [0.717, 1.165) is 12.8 Å². The quantitative estimate of drug-likeness (QED) is 0.435. The van der Waals surface area contributed by atoms with Gasteiger partial charge in [0.1, 0.15) is 5.75 Å². The average Bonchev–Trinajstić information content (AvgIpc) is 3.30. The van der Waals surface area contributed by atoms with Crippen LogP contribution in [0.15, 0.2) is 53.7 Å². The Morgan fingerprint density at radius 1 is 1.13 bits per heavy atom. The van der Waals surface area contributed by atoms with E-state index in [1.165, 1.54) is 12.1 Å². The molecule has 0 saturated carbocycles. The third-order valence-corrected chi connectivity index (χ3v) is 5.26. The van der Waals surface area contributed by atoms with Gasteiger partial charge in [-0.1, -0.05) is 47.1 Å². The van der Waals surface area contributed by atoms with Gasteiger partial charge < -0.3 is 19.6 Å². The fraction of sp³-hybridized carbons (Fsp3) is 0.348. The second-order valence-corrected chi connectivity index (χ2v) is 7.48. The Morgan fingerprint density at radius 3 is 2.68 bits per heavy atom. The lowest BCUT2D eigenvalue weighted by molar-refractivity contribution is -0.134. The van der Waals surface area contributed by atoms with E-state index in [4.69, 9.17) is 21.2 Å². The van der Waals surface area contributed by atoms with Gasteiger partial charge in [-0.05, 0) is 43.0 Å². The van der Waals surface area contributed by atoms with Gasteiger partial charge in [0, 0.05) is 19.5 Å². The molecule has 2 heterocycles. The third-order valence-electron chi connectivity index (χ3n) is 4.84. The number of cyclic esters (lactones) is 1. The number of carbonyl (C=O) groups excluding carboxylic acids is 2. The van der Waals surface area contributed by atoms with Crippen molar-refractivity contribution in [1.29, 1.82) is 0 Å². The molecule has 0 bridgehead atoms. The number of ether oxygens (including phenoxy) is 1. The molecule has 1 aromatic rings. The van der Waals surface area contributed by atoms with E-state index in [-0.39, 0.29) is 41.9 Å². The van der Waals surface area contributed by atoms with Crippen LogP contribution in [0.3, 0.4) is 0 Å². The lowest BCUT2D eigenvalue weighted by Gasteiger charge is -2.15. The second-order valence-electron chi connectivity index (χ2n) is 7.10. The Labute approximate surface area is 186 Å². The number of benzene rings is 1. The van der Waals surface area contributed by atoms with Crippen LogP contribution in [-0.2, 0) is 20.8 Å². The van der Waals surface area contributed by atoms with E-state index < -0.39 is 5.97 Å². The molecule has 1 N–H and O–H groups in total. The number of amides is 1. The van der Waals surface area contributed by atoms with Crippen molar-refractivity contribution in [3.8, 4) is 5.75 Å². The van der Waals surface area contributed by atoms with Gasteiger partial charge in [0.25, 0.3) is 5.91 Å². The van der Waals surface area contributed by atoms with Crippen molar-refractivity contribution in [2.75, 3.05) is 26.3 Å². The van der Waals surface area contributed by atoms with Crippen LogP contribution in [0.5, 0.6) is 5.75 Å². The molecule has 0 atom stereocenters. The first-order valence-electron chi connectivity index (χ1n) is 10.2. The van der Waals surface area contributed by atoms with Gasteiger partial charge in [0.05, 0.1) is 22.9 Å². The fourth-order valence-electron chi connectivity index (χ4n) is 3.16. The maximum atomic E-state index is 12.6. The Morgan fingerprint density at radius 2 is 1.87 bits per heavy atom. The van der Waals surface area contributed by atoms with Crippen molar-refractivity contribution in [3.05, 3.63) is 64.7 Å². The Hall–Kier alpha value is -3.06. The third kappa shape index (κ3) is 6.46. The van der Waals surface area contributed by atoms with Gasteiger partial charge in [-0.15, -0.1) is 0 Å². The molecule has 0 fully saturated rings. The normalized spacial score (nSPS) is 20.6. The van der Waals surface area contributed by atoms with Gasteiger partial charge in [0.15, 0.2) is 6.61 Å². The van der Waals surface area contributed by atoms with Crippen molar-refractivity contribution in [1.82, 2.24) is 4.90 Å². The molecule has 1 amide bonds. The van der Waals surface area contributed by atoms with Gasteiger partial charge >= 0.3 is 5.97 Å². The minimum Gasteiger partial charge on any atom is -0.506 e. The number of carbonyl (C=O) groups is 2. The number of phenolic OH excluding ortho intramolecular Hbond substituents is 1. The van der Waals surface area contributed by atoms with E-state index in [1.807, 2.05) is 30.4 Å². The maximum Gasteiger partial charge on any atom is 0.338 e. The number of fused-ring (bicyclic) bond motifs is 1. The topological polar surface area (TPSA) is 88.4 Å². The first-order chi connectivity index (χ1) is 15.1. The van der Waals surface area contributed by atoms with Gasteiger partial charge in [-0.25, -0.2) is 4.79 Å². The van der Waals surface area contributed by atoms with E-state index >= 15 is 0 Å². The number of oxime groups is 1. The summed E-state index contributed by atoms with van der Waals surface area (Å²) in [5.41, 5.74) is 1.11. The van der Waals surface area contributed by atoms with Crippen molar-refractivity contribution >= 4 is 29.2 Å². The molecule has 2 aliphatic heterocycles. The van der Waals surface area contributed by atoms with E-state index in [1.54, 1.807) is 11.0 Å². The van der Waals surface area contributed by atoms with Gasteiger partial charge in [-0.2, -0.15) is 0 Å². The first kappa shape index (κ1) is 22.6. The highest BCUT2D eigenvalue weighted by atomic mass is 35.5. The molecule has 0 aliphatic carbocycles. The number of hydrogen-bond donors (Lipinski definition) is 1. The zero-order valence-electron chi connectivity index (χ0n) is 17.1. The fourth-order valence-corrected chi connectivity index (χ4v) is 3.40. The number of allylic oxidation sites excluding steroid dienone is 3. The highest BCUT2D eigenvalue weighted by Crippen LogP contribution is 2.31. The van der Waals surface area contributed by atoms with Crippen molar-refractivity contribution in [2.45, 2.75) is 25.7 Å². The minimum atomic E-state index is -0.525. The standard InChI is InChI=1S/C23H25ClN2O5/c24-22-19-15-17(25-31-16-21(28)26-12-6-7-13-26)9-5-3-1-2-4-8-14-30-23(29)18(19)10-11-20(22)27/h2,4-7,9-11,27H,1,3,8,12-16H2/b4-2+,9-5+,25-17+. The summed E-state index contributed by atoms with van der Waals surface area (Å²) >= 11 is 6.31. The highest BCUT2D eigenvalue weighted by molar-refractivity contribution is 6.33. The number of halogens is 1. The first-order valence-corrected chi connectivity index (χ1v) is 10.5. The van der Waals surface area contributed by atoms with Crippen LogP contribution in [0.1, 0.15) is 35.2 Å². The summed E-state index contributed by atoms with van der Waals surface area (Å²) in [6.07, 6.45) is 13.9. The summed E-state index contributed by atoms with van der Waals surface area (Å²) in [5.74, 6) is -0.828. The van der Waals surface area contributed by atoms with E-state index in [9.17, 15) is 14.7 Å². The van der Waals surface area contributed by atoms with E-state index in [0.29, 0.717) is 30.8 Å². The summed E-state index contributed by atoms with van der Waals surface area (Å²) in [4.78, 5) is 31.7. The number of esters is 1. The number of aromatic hydroxyl groups is 1. The van der Waals surface area contributed by atoms with Crippen molar-refractivity contribution in [2.24, 2.45) is 5.16 Å². The molecule has 1 aromatic carbocycles. The lowest BCUT2D eigenvalue weighted by atomic mass is 10.0. The molecule has 2 aliphatic rings. The van der Waals surface area contributed by atoms with Gasteiger partial charge in [0.2, 0.25) is 0 Å². The predicted octanol–water partition coefficient (Wildman–Crippen LogP) is 3.81. The average molecular weight is 445 g/mol. The predicted molar refractivity (Wildman–Crippen MR) is 118 cm³/mol. The van der Waals surface area contributed by atoms with Crippen LogP contribution in [0.25, 0.3) is 0 Å². The second kappa shape index (κ2) is 11.4. The summed E-state index contributed by atoms with van der Waals surface area (Å²) in [5, 5.41) is 14.2. The number of nitrogens with zero attached hydrogens (tertiary/aromatic N) is 2. The zero-order chi connectivity index (χ0) is 22.1. The van der Waals surface area contributed by atoms with Crippen molar-refractivity contribution in [3.63, 3.8) is 0 Å². The summed E-state index contributed by atoms with van der Waals surface area (Å²) in [6.45, 7) is 1.19. The molecule has 0 radical (unpaired) electrons. The molecule has 0 aromatic heterocycles. The highest BCUT2D eigenvalue weighted by Gasteiger charge is 2.20. The Bertz CT molecular complexity index is 928. The SMILES string of the molecule is O=C1OCC/C=C/CC/C=C/C(=N\OCC(=O)N2CC=CC2)Cc2c1ccc(O)c2Cl. The van der Waals surface area contributed by atoms with Crippen LogP contribution in [0.2, 0.25) is 5.02 Å².